The Balaban J connectivity index is 1.61. The summed E-state index contributed by atoms with van der Waals surface area (Å²) >= 11 is 6.10. The van der Waals surface area contributed by atoms with Gasteiger partial charge in [0.05, 0.1) is 6.61 Å². The fraction of sp³-hybridized carbons (Fsp3) is 0.294. The van der Waals surface area contributed by atoms with Crippen molar-refractivity contribution >= 4 is 11.6 Å². The van der Waals surface area contributed by atoms with Crippen LogP contribution < -0.4 is 10.1 Å². The van der Waals surface area contributed by atoms with Crippen molar-refractivity contribution < 1.29 is 4.74 Å². The van der Waals surface area contributed by atoms with Gasteiger partial charge in [-0.15, -0.1) is 0 Å². The van der Waals surface area contributed by atoms with Crippen molar-refractivity contribution in [3.63, 3.8) is 0 Å². The second kappa shape index (κ2) is 7.93. The van der Waals surface area contributed by atoms with Crippen LogP contribution in [0.3, 0.4) is 0 Å². The van der Waals surface area contributed by atoms with Crippen molar-refractivity contribution in [2.45, 2.75) is 19.9 Å². The molecule has 0 saturated heterocycles. The first-order valence-corrected chi connectivity index (χ1v) is 7.27. The summed E-state index contributed by atoms with van der Waals surface area (Å²) in [7, 11) is 0. The molecule has 0 aliphatic carbocycles. The zero-order valence-electron chi connectivity index (χ0n) is 11.7. The van der Waals surface area contributed by atoms with E-state index in [1.54, 1.807) is 0 Å². The molecule has 2 rings (SSSR count). The molecule has 0 heterocycles. The smallest absolute Gasteiger partial charge is 0.119 e. The number of hydrogen-bond acceptors (Lipinski definition) is 2. The molecule has 106 valence electrons. The third-order valence-corrected chi connectivity index (χ3v) is 3.48. The normalized spacial score (nSPS) is 10.5. The average molecular weight is 290 g/mol. The van der Waals surface area contributed by atoms with E-state index in [2.05, 4.69) is 17.4 Å². The Labute approximate surface area is 125 Å². The van der Waals surface area contributed by atoms with Crippen LogP contribution in [0, 0.1) is 6.92 Å². The first-order valence-electron chi connectivity index (χ1n) is 6.89. The number of para-hydroxylation sites is 1. The summed E-state index contributed by atoms with van der Waals surface area (Å²) in [4.78, 5) is 0. The molecule has 20 heavy (non-hydrogen) atoms. The summed E-state index contributed by atoms with van der Waals surface area (Å²) in [5.74, 6) is 0.929. The lowest BCUT2D eigenvalue weighted by Crippen LogP contribution is -2.17. The van der Waals surface area contributed by atoms with E-state index in [9.17, 15) is 0 Å². The van der Waals surface area contributed by atoms with Gasteiger partial charge in [-0.2, -0.15) is 0 Å². The van der Waals surface area contributed by atoms with Crippen LogP contribution in [0.2, 0.25) is 5.02 Å². The summed E-state index contributed by atoms with van der Waals surface area (Å²) in [6, 6.07) is 16.1. The molecule has 0 fully saturated rings. The zero-order valence-corrected chi connectivity index (χ0v) is 12.5. The number of rotatable bonds is 7. The molecule has 0 aliphatic heterocycles. The number of halogens is 1. The SMILES string of the molecule is Cc1ccc(CNCCCOc2ccccc2)cc1Cl. The van der Waals surface area contributed by atoms with Gasteiger partial charge in [0, 0.05) is 11.6 Å². The minimum atomic E-state index is 0.728. The van der Waals surface area contributed by atoms with Gasteiger partial charge in [0.15, 0.2) is 0 Å². The maximum atomic E-state index is 6.10. The fourth-order valence-corrected chi connectivity index (χ4v) is 2.09. The van der Waals surface area contributed by atoms with Gasteiger partial charge in [-0.25, -0.2) is 0 Å². The molecule has 0 aliphatic rings. The van der Waals surface area contributed by atoms with Gasteiger partial charge in [-0.1, -0.05) is 41.9 Å². The molecular formula is C17H20ClNO. The van der Waals surface area contributed by atoms with Gasteiger partial charge in [-0.05, 0) is 49.2 Å². The topological polar surface area (TPSA) is 21.3 Å². The maximum Gasteiger partial charge on any atom is 0.119 e. The number of nitrogens with one attached hydrogen (secondary N) is 1. The van der Waals surface area contributed by atoms with Gasteiger partial charge >= 0.3 is 0 Å². The van der Waals surface area contributed by atoms with E-state index in [0.29, 0.717) is 0 Å². The van der Waals surface area contributed by atoms with Crippen molar-refractivity contribution in [1.82, 2.24) is 5.32 Å². The largest absolute Gasteiger partial charge is 0.494 e. The van der Waals surface area contributed by atoms with Crippen molar-refractivity contribution in [1.29, 1.82) is 0 Å². The molecule has 3 heteroatoms. The Morgan fingerprint density at radius 2 is 1.90 bits per heavy atom. The third-order valence-electron chi connectivity index (χ3n) is 3.08. The van der Waals surface area contributed by atoms with Crippen molar-refractivity contribution in [2.24, 2.45) is 0 Å². The first kappa shape index (κ1) is 14.9. The highest BCUT2D eigenvalue weighted by molar-refractivity contribution is 6.31. The van der Waals surface area contributed by atoms with Crippen LogP contribution in [-0.4, -0.2) is 13.2 Å². The molecule has 2 aromatic carbocycles. The minimum Gasteiger partial charge on any atom is -0.494 e. The number of aryl methyl sites for hydroxylation is 1. The lowest BCUT2D eigenvalue weighted by atomic mass is 10.1. The number of ether oxygens (including phenoxy) is 1. The molecule has 0 saturated carbocycles. The van der Waals surface area contributed by atoms with Crippen LogP contribution in [0.4, 0.5) is 0 Å². The summed E-state index contributed by atoms with van der Waals surface area (Å²) in [5.41, 5.74) is 2.33. The molecule has 0 atom stereocenters. The summed E-state index contributed by atoms with van der Waals surface area (Å²) in [6.45, 7) is 4.51. The van der Waals surface area contributed by atoms with Crippen molar-refractivity contribution in [3.05, 3.63) is 64.7 Å². The molecule has 2 aromatic rings. The van der Waals surface area contributed by atoms with Crippen LogP contribution >= 0.6 is 11.6 Å². The minimum absolute atomic E-state index is 0.728. The summed E-state index contributed by atoms with van der Waals surface area (Å²) in [5, 5.41) is 4.23. The molecule has 0 amide bonds. The standard InChI is InChI=1S/C17H20ClNO/c1-14-8-9-15(12-17(14)18)13-19-10-5-11-20-16-6-3-2-4-7-16/h2-4,6-9,12,19H,5,10-11,13H2,1H3. The van der Waals surface area contributed by atoms with E-state index in [1.807, 2.05) is 43.3 Å². The van der Waals surface area contributed by atoms with Gasteiger partial charge < -0.3 is 10.1 Å². The zero-order chi connectivity index (χ0) is 14.2. The fourth-order valence-electron chi connectivity index (χ4n) is 1.88. The molecule has 0 spiro atoms. The highest BCUT2D eigenvalue weighted by atomic mass is 35.5. The van der Waals surface area contributed by atoms with Crippen molar-refractivity contribution in [3.8, 4) is 5.75 Å². The Bertz CT molecular complexity index is 528. The predicted octanol–water partition coefficient (Wildman–Crippen LogP) is 4.21. The Kier molecular flexibility index (Phi) is 5.90. The first-order chi connectivity index (χ1) is 9.75. The van der Waals surface area contributed by atoms with Crippen LogP contribution in [-0.2, 0) is 6.54 Å². The van der Waals surface area contributed by atoms with Gasteiger partial charge in [0.25, 0.3) is 0 Å². The number of hydrogen-bond donors (Lipinski definition) is 1. The highest BCUT2D eigenvalue weighted by Gasteiger charge is 1.98. The molecule has 0 aromatic heterocycles. The number of benzene rings is 2. The van der Waals surface area contributed by atoms with E-state index in [1.165, 1.54) is 5.56 Å². The van der Waals surface area contributed by atoms with E-state index in [-0.39, 0.29) is 0 Å². The molecule has 2 nitrogen and oxygen atoms in total. The Morgan fingerprint density at radius 1 is 1.10 bits per heavy atom. The van der Waals surface area contributed by atoms with Crippen LogP contribution in [0.15, 0.2) is 48.5 Å². The van der Waals surface area contributed by atoms with E-state index in [4.69, 9.17) is 16.3 Å². The van der Waals surface area contributed by atoms with Gasteiger partial charge in [0.1, 0.15) is 5.75 Å². The van der Waals surface area contributed by atoms with Gasteiger partial charge in [-0.3, -0.25) is 0 Å². The monoisotopic (exact) mass is 289 g/mol. The molecule has 0 radical (unpaired) electrons. The molecular weight excluding hydrogens is 270 g/mol. The average Bonchev–Trinajstić information content (AvgIpc) is 2.47. The van der Waals surface area contributed by atoms with Crippen molar-refractivity contribution in [2.75, 3.05) is 13.2 Å². The second-order valence-corrected chi connectivity index (χ2v) is 5.18. The van der Waals surface area contributed by atoms with E-state index < -0.39 is 0 Å². The quantitative estimate of drug-likeness (QED) is 0.771. The summed E-state index contributed by atoms with van der Waals surface area (Å²) < 4.78 is 5.63. The molecule has 0 bridgehead atoms. The lowest BCUT2D eigenvalue weighted by Gasteiger charge is -2.08. The van der Waals surface area contributed by atoms with Crippen LogP contribution in [0.5, 0.6) is 5.75 Å². The lowest BCUT2D eigenvalue weighted by molar-refractivity contribution is 0.308. The Hall–Kier alpha value is -1.51. The summed E-state index contributed by atoms with van der Waals surface area (Å²) in [6.07, 6.45) is 0.981. The van der Waals surface area contributed by atoms with E-state index in [0.717, 1.165) is 42.5 Å². The van der Waals surface area contributed by atoms with Gasteiger partial charge in [0.2, 0.25) is 0 Å². The van der Waals surface area contributed by atoms with E-state index >= 15 is 0 Å². The Morgan fingerprint density at radius 3 is 2.65 bits per heavy atom. The third kappa shape index (κ3) is 4.87. The maximum absolute atomic E-state index is 6.10. The van der Waals surface area contributed by atoms with Crippen LogP contribution in [0.25, 0.3) is 0 Å². The molecule has 0 unspecified atom stereocenters. The highest BCUT2D eigenvalue weighted by Crippen LogP contribution is 2.16. The molecule has 1 N–H and O–H groups in total. The van der Waals surface area contributed by atoms with Crippen LogP contribution in [0.1, 0.15) is 17.5 Å². The predicted molar refractivity (Wildman–Crippen MR) is 84.4 cm³/mol. The second-order valence-electron chi connectivity index (χ2n) is 4.78.